The number of nitrogens with zero attached hydrogens (tertiary/aromatic N) is 1. The Kier molecular flexibility index (Phi) is 4.79. The molecular formula is C13H8BrF3N2O2. The van der Waals surface area contributed by atoms with Gasteiger partial charge >= 0.3 is 6.61 Å². The number of alkyl halides is 2. The molecule has 0 radical (unpaired) electrons. The molecule has 8 heteroatoms. The second-order valence-electron chi connectivity index (χ2n) is 3.82. The highest BCUT2D eigenvalue weighted by atomic mass is 79.9. The fourth-order valence-corrected chi connectivity index (χ4v) is 1.84. The number of rotatable bonds is 4. The Morgan fingerprint density at radius 3 is 2.67 bits per heavy atom. The third kappa shape index (κ3) is 4.19. The molecule has 0 aliphatic heterocycles. The summed E-state index contributed by atoms with van der Waals surface area (Å²) in [6.45, 7) is -3.12. The third-order valence-corrected chi connectivity index (χ3v) is 2.80. The van der Waals surface area contributed by atoms with E-state index in [0.29, 0.717) is 4.60 Å². The lowest BCUT2D eigenvalue weighted by Gasteiger charge is -2.08. The second-order valence-corrected chi connectivity index (χ2v) is 4.64. The van der Waals surface area contributed by atoms with Gasteiger partial charge in [-0.1, -0.05) is 6.07 Å². The first kappa shape index (κ1) is 15.3. The maximum absolute atomic E-state index is 13.5. The van der Waals surface area contributed by atoms with Crippen LogP contribution in [0.3, 0.4) is 0 Å². The third-order valence-electron chi connectivity index (χ3n) is 2.35. The standard InChI is InChI=1S/C13H8BrF3N2O2/c14-11-3-1-2-9(19-11)12(20)18-7-4-5-10(8(15)6-7)21-13(16)17/h1-6,13H,(H,18,20). The molecule has 2 rings (SSSR count). The first-order valence-electron chi connectivity index (χ1n) is 5.64. The molecule has 1 heterocycles. The maximum Gasteiger partial charge on any atom is 0.387 e. The molecule has 0 unspecified atom stereocenters. The average Bonchev–Trinajstić information content (AvgIpc) is 2.41. The molecule has 2 aromatic rings. The van der Waals surface area contributed by atoms with Crippen LogP contribution in [0.25, 0.3) is 0 Å². The minimum Gasteiger partial charge on any atom is -0.432 e. The van der Waals surface area contributed by atoms with E-state index in [1.807, 2.05) is 0 Å². The number of pyridine rings is 1. The predicted octanol–water partition coefficient (Wildman–Crippen LogP) is 3.84. The van der Waals surface area contributed by atoms with Gasteiger partial charge in [0, 0.05) is 11.8 Å². The molecule has 1 amide bonds. The van der Waals surface area contributed by atoms with Crippen molar-refractivity contribution in [3.63, 3.8) is 0 Å². The number of anilines is 1. The van der Waals surface area contributed by atoms with E-state index >= 15 is 0 Å². The lowest BCUT2D eigenvalue weighted by atomic mass is 10.2. The highest BCUT2D eigenvalue weighted by molar-refractivity contribution is 9.10. The van der Waals surface area contributed by atoms with Crippen molar-refractivity contribution in [2.75, 3.05) is 5.32 Å². The molecular weight excluding hydrogens is 353 g/mol. The number of carbonyl (C=O) groups is 1. The lowest BCUT2D eigenvalue weighted by Crippen LogP contribution is -2.14. The van der Waals surface area contributed by atoms with Crippen LogP contribution in [0.1, 0.15) is 10.5 Å². The summed E-state index contributed by atoms with van der Waals surface area (Å²) in [6, 6.07) is 7.87. The largest absolute Gasteiger partial charge is 0.432 e. The molecule has 1 aromatic heterocycles. The molecule has 21 heavy (non-hydrogen) atoms. The molecule has 0 saturated carbocycles. The number of halogens is 4. The number of amides is 1. The summed E-state index contributed by atoms with van der Waals surface area (Å²) in [4.78, 5) is 15.8. The van der Waals surface area contributed by atoms with Gasteiger partial charge in [0.15, 0.2) is 11.6 Å². The first-order valence-corrected chi connectivity index (χ1v) is 6.43. The number of carbonyl (C=O) groups excluding carboxylic acids is 1. The van der Waals surface area contributed by atoms with Gasteiger partial charge in [-0.15, -0.1) is 0 Å². The Balaban J connectivity index is 2.13. The fourth-order valence-electron chi connectivity index (χ4n) is 1.50. The Morgan fingerprint density at radius 2 is 2.05 bits per heavy atom. The van der Waals surface area contributed by atoms with Gasteiger partial charge < -0.3 is 10.1 Å². The molecule has 0 atom stereocenters. The van der Waals surface area contributed by atoms with Crippen LogP contribution in [0.15, 0.2) is 41.0 Å². The number of hydrogen-bond acceptors (Lipinski definition) is 3. The summed E-state index contributed by atoms with van der Waals surface area (Å²) in [6.07, 6.45) is 0. The number of hydrogen-bond donors (Lipinski definition) is 1. The number of ether oxygens (including phenoxy) is 1. The van der Waals surface area contributed by atoms with Gasteiger partial charge in [-0.25, -0.2) is 9.37 Å². The molecule has 1 aromatic carbocycles. The van der Waals surface area contributed by atoms with Crippen molar-refractivity contribution in [1.82, 2.24) is 4.98 Å². The monoisotopic (exact) mass is 360 g/mol. The first-order chi connectivity index (χ1) is 9.95. The molecule has 0 aliphatic rings. The number of nitrogens with one attached hydrogen (secondary N) is 1. The van der Waals surface area contributed by atoms with Crippen LogP contribution in [0, 0.1) is 5.82 Å². The van der Waals surface area contributed by atoms with E-state index in [9.17, 15) is 18.0 Å². The molecule has 0 aliphatic carbocycles. The van der Waals surface area contributed by atoms with Gasteiger partial charge in [-0.2, -0.15) is 8.78 Å². The summed E-state index contributed by atoms with van der Waals surface area (Å²) in [5.41, 5.74) is 0.221. The summed E-state index contributed by atoms with van der Waals surface area (Å²) >= 11 is 3.12. The van der Waals surface area contributed by atoms with E-state index in [0.717, 1.165) is 12.1 Å². The highest BCUT2D eigenvalue weighted by Crippen LogP contribution is 2.23. The van der Waals surface area contributed by atoms with E-state index in [4.69, 9.17) is 0 Å². The average molecular weight is 361 g/mol. The van der Waals surface area contributed by atoms with Gasteiger partial charge in [0.1, 0.15) is 10.3 Å². The van der Waals surface area contributed by atoms with E-state index in [2.05, 4.69) is 31.0 Å². The van der Waals surface area contributed by atoms with E-state index < -0.39 is 24.1 Å². The van der Waals surface area contributed by atoms with Crippen molar-refractivity contribution in [3.05, 3.63) is 52.5 Å². The maximum atomic E-state index is 13.5. The SMILES string of the molecule is O=C(Nc1ccc(OC(F)F)c(F)c1)c1cccc(Br)n1. The van der Waals surface area contributed by atoms with Crippen molar-refractivity contribution in [2.45, 2.75) is 6.61 Å². The molecule has 0 bridgehead atoms. The minimum atomic E-state index is -3.12. The van der Waals surface area contributed by atoms with Crippen molar-refractivity contribution in [2.24, 2.45) is 0 Å². The molecule has 0 saturated heterocycles. The van der Waals surface area contributed by atoms with Gasteiger partial charge in [0.25, 0.3) is 5.91 Å². The Hall–Kier alpha value is -2.09. The predicted molar refractivity (Wildman–Crippen MR) is 72.9 cm³/mol. The van der Waals surface area contributed by atoms with Crippen LogP contribution in [0.4, 0.5) is 18.9 Å². The zero-order valence-corrected chi connectivity index (χ0v) is 11.9. The van der Waals surface area contributed by atoms with Crippen molar-refractivity contribution >= 4 is 27.5 Å². The number of aromatic nitrogens is 1. The minimum absolute atomic E-state index is 0.0980. The summed E-state index contributed by atoms with van der Waals surface area (Å²) in [5, 5.41) is 2.40. The Morgan fingerprint density at radius 1 is 1.29 bits per heavy atom. The second kappa shape index (κ2) is 6.57. The topological polar surface area (TPSA) is 51.2 Å². The summed E-state index contributed by atoms with van der Waals surface area (Å²) in [7, 11) is 0. The van der Waals surface area contributed by atoms with Gasteiger partial charge in [0.2, 0.25) is 0 Å². The Labute approximate surface area is 126 Å². The van der Waals surface area contributed by atoms with Crippen molar-refractivity contribution in [3.8, 4) is 5.75 Å². The normalized spacial score (nSPS) is 10.5. The molecule has 1 N–H and O–H groups in total. The van der Waals surface area contributed by atoms with Crippen molar-refractivity contribution < 1.29 is 22.7 Å². The molecule has 110 valence electrons. The molecule has 4 nitrogen and oxygen atoms in total. The number of benzene rings is 1. The zero-order chi connectivity index (χ0) is 15.4. The molecule has 0 spiro atoms. The van der Waals surface area contributed by atoms with Crippen LogP contribution in [-0.2, 0) is 0 Å². The van der Waals surface area contributed by atoms with Gasteiger partial charge in [-0.3, -0.25) is 4.79 Å². The zero-order valence-electron chi connectivity index (χ0n) is 10.3. The van der Waals surface area contributed by atoms with Crippen LogP contribution < -0.4 is 10.1 Å². The van der Waals surface area contributed by atoms with Crippen LogP contribution in [0.2, 0.25) is 0 Å². The molecule has 0 fully saturated rings. The van der Waals surface area contributed by atoms with E-state index in [1.165, 1.54) is 12.1 Å². The van der Waals surface area contributed by atoms with Crippen molar-refractivity contribution in [1.29, 1.82) is 0 Å². The van der Waals surface area contributed by atoms with E-state index in [-0.39, 0.29) is 11.4 Å². The summed E-state index contributed by atoms with van der Waals surface area (Å²) in [5.74, 6) is -2.16. The van der Waals surface area contributed by atoms with Gasteiger partial charge in [-0.05, 0) is 40.2 Å². The van der Waals surface area contributed by atoms with Crippen LogP contribution >= 0.6 is 15.9 Å². The Bertz CT molecular complexity index is 668. The van der Waals surface area contributed by atoms with Crippen LogP contribution in [-0.4, -0.2) is 17.5 Å². The smallest absolute Gasteiger partial charge is 0.387 e. The lowest BCUT2D eigenvalue weighted by molar-refractivity contribution is -0.0521. The van der Waals surface area contributed by atoms with E-state index in [1.54, 1.807) is 12.1 Å². The quantitative estimate of drug-likeness (QED) is 0.842. The summed E-state index contributed by atoms with van der Waals surface area (Å²) < 4.78 is 41.9. The van der Waals surface area contributed by atoms with Crippen LogP contribution in [0.5, 0.6) is 5.75 Å². The fraction of sp³-hybridized carbons (Fsp3) is 0.0769. The highest BCUT2D eigenvalue weighted by Gasteiger charge is 2.12. The van der Waals surface area contributed by atoms with Gasteiger partial charge in [0.05, 0.1) is 0 Å².